The number of aromatic nitrogens is 3. The molecule has 0 fully saturated rings. The second-order valence-electron chi connectivity index (χ2n) is 6.77. The molecule has 1 aromatic carbocycles. The number of anilines is 3. The monoisotopic (exact) mass is 403 g/mol. The quantitative estimate of drug-likeness (QED) is 0.416. The molecule has 0 saturated heterocycles. The molecule has 0 aliphatic rings. The van der Waals surface area contributed by atoms with Gasteiger partial charge in [0.1, 0.15) is 10.6 Å². The van der Waals surface area contributed by atoms with Gasteiger partial charge in [-0.3, -0.25) is 4.98 Å². The smallest absolute Gasteiger partial charge is 0.164 e. The van der Waals surface area contributed by atoms with Crippen LogP contribution in [0.15, 0.2) is 54.9 Å². The van der Waals surface area contributed by atoms with Crippen LogP contribution in [0.25, 0.3) is 21.6 Å². The van der Waals surface area contributed by atoms with E-state index in [0.29, 0.717) is 5.82 Å². The van der Waals surface area contributed by atoms with E-state index in [1.54, 1.807) is 23.7 Å². The Balaban J connectivity index is 1.73. The molecule has 0 aliphatic heterocycles. The Labute approximate surface area is 175 Å². The fourth-order valence-electron chi connectivity index (χ4n) is 3.35. The van der Waals surface area contributed by atoms with Gasteiger partial charge in [-0.05, 0) is 62.7 Å². The van der Waals surface area contributed by atoms with Crippen LogP contribution >= 0.6 is 11.3 Å². The van der Waals surface area contributed by atoms with Crippen LogP contribution in [0.5, 0.6) is 0 Å². The maximum atomic E-state index is 4.84. The van der Waals surface area contributed by atoms with Crippen molar-refractivity contribution in [1.82, 2.24) is 15.0 Å². The number of benzene rings is 1. The molecule has 0 saturated carbocycles. The zero-order valence-electron chi connectivity index (χ0n) is 17.0. The summed E-state index contributed by atoms with van der Waals surface area (Å²) < 4.78 is 0. The number of nitrogens with one attached hydrogen (secondary N) is 1. The first-order valence-electron chi connectivity index (χ1n) is 10.0. The van der Waals surface area contributed by atoms with Crippen molar-refractivity contribution in [3.8, 4) is 11.4 Å². The lowest BCUT2D eigenvalue weighted by Gasteiger charge is -2.21. The van der Waals surface area contributed by atoms with Gasteiger partial charge in [-0.25, -0.2) is 9.97 Å². The lowest BCUT2D eigenvalue weighted by Crippen LogP contribution is -2.21. The van der Waals surface area contributed by atoms with Crippen LogP contribution < -0.4 is 10.2 Å². The van der Waals surface area contributed by atoms with Gasteiger partial charge in [-0.15, -0.1) is 11.3 Å². The molecule has 0 bridgehead atoms. The summed E-state index contributed by atoms with van der Waals surface area (Å²) in [7, 11) is 0. The normalized spacial score (nSPS) is 11.0. The molecule has 0 radical (unpaired) electrons. The highest BCUT2D eigenvalue weighted by atomic mass is 32.1. The fraction of sp³-hybridized carbons (Fsp3) is 0.261. The van der Waals surface area contributed by atoms with Crippen molar-refractivity contribution >= 4 is 38.7 Å². The zero-order chi connectivity index (χ0) is 20.2. The molecule has 6 heteroatoms. The highest BCUT2D eigenvalue weighted by Gasteiger charge is 2.13. The number of fused-ring (bicyclic) bond motifs is 1. The fourth-order valence-corrected chi connectivity index (χ4v) is 4.31. The van der Waals surface area contributed by atoms with E-state index in [9.17, 15) is 0 Å². The molecule has 0 atom stereocenters. The summed E-state index contributed by atoms with van der Waals surface area (Å²) in [5.74, 6) is 1.53. The van der Waals surface area contributed by atoms with Crippen LogP contribution in [0.3, 0.4) is 0 Å². The summed E-state index contributed by atoms with van der Waals surface area (Å²) in [5.41, 5.74) is 3.16. The first kappa shape index (κ1) is 19.3. The molecule has 4 rings (SSSR count). The Morgan fingerprint density at radius 2 is 1.79 bits per heavy atom. The number of pyridine rings is 1. The molecule has 3 aromatic heterocycles. The first-order chi connectivity index (χ1) is 14.2. The maximum Gasteiger partial charge on any atom is 0.164 e. The van der Waals surface area contributed by atoms with Gasteiger partial charge in [0, 0.05) is 47.3 Å². The van der Waals surface area contributed by atoms with Gasteiger partial charge in [0.15, 0.2) is 5.82 Å². The summed E-state index contributed by atoms with van der Waals surface area (Å²) in [6.07, 6.45) is 4.55. The van der Waals surface area contributed by atoms with Crippen LogP contribution in [0.4, 0.5) is 17.2 Å². The summed E-state index contributed by atoms with van der Waals surface area (Å²) in [4.78, 5) is 18.5. The van der Waals surface area contributed by atoms with Gasteiger partial charge in [-0.1, -0.05) is 6.92 Å². The molecule has 0 aliphatic carbocycles. The molecule has 3 heterocycles. The van der Waals surface area contributed by atoms with Gasteiger partial charge in [0.05, 0.1) is 5.39 Å². The number of thiophene rings is 1. The second kappa shape index (κ2) is 8.57. The minimum absolute atomic E-state index is 0.692. The number of aryl methyl sites for hydroxylation is 1. The third-order valence-electron chi connectivity index (χ3n) is 4.97. The minimum atomic E-state index is 0.692. The van der Waals surface area contributed by atoms with Crippen molar-refractivity contribution in [3.05, 3.63) is 59.7 Å². The van der Waals surface area contributed by atoms with Gasteiger partial charge in [0.2, 0.25) is 0 Å². The van der Waals surface area contributed by atoms with Crippen LogP contribution in [-0.4, -0.2) is 28.0 Å². The number of hydrogen-bond donors (Lipinski definition) is 1. The highest BCUT2D eigenvalue weighted by molar-refractivity contribution is 7.18. The zero-order valence-corrected chi connectivity index (χ0v) is 17.8. The van der Waals surface area contributed by atoms with Gasteiger partial charge in [0.25, 0.3) is 0 Å². The predicted octanol–water partition coefficient (Wildman–Crippen LogP) is 5.91. The second-order valence-corrected chi connectivity index (χ2v) is 7.88. The Morgan fingerprint density at radius 3 is 2.45 bits per heavy atom. The predicted molar refractivity (Wildman–Crippen MR) is 123 cm³/mol. The van der Waals surface area contributed by atoms with E-state index in [0.717, 1.165) is 46.8 Å². The Bertz CT molecular complexity index is 1090. The molecule has 1 N–H and O–H groups in total. The minimum Gasteiger partial charge on any atom is -0.372 e. The molecule has 5 nitrogen and oxygen atoms in total. The van der Waals surface area contributed by atoms with Crippen molar-refractivity contribution in [3.63, 3.8) is 0 Å². The van der Waals surface area contributed by atoms with Gasteiger partial charge < -0.3 is 10.2 Å². The average Bonchev–Trinajstić information content (AvgIpc) is 3.20. The first-order valence-corrected chi connectivity index (χ1v) is 10.9. The SMILES string of the molecule is CCc1cc2c(Nc3ccc(N(CC)CC)cc3)nc(-c3cccnc3)nc2s1. The van der Waals surface area contributed by atoms with Crippen molar-refractivity contribution < 1.29 is 0 Å². The van der Waals surface area contributed by atoms with Crippen molar-refractivity contribution in [2.75, 3.05) is 23.3 Å². The lowest BCUT2D eigenvalue weighted by molar-refractivity contribution is 0.866. The topological polar surface area (TPSA) is 53.9 Å². The van der Waals surface area contributed by atoms with E-state index in [4.69, 9.17) is 9.97 Å². The van der Waals surface area contributed by atoms with Crippen molar-refractivity contribution in [1.29, 1.82) is 0 Å². The number of nitrogens with zero attached hydrogens (tertiary/aromatic N) is 4. The summed E-state index contributed by atoms with van der Waals surface area (Å²) >= 11 is 1.72. The van der Waals surface area contributed by atoms with E-state index in [2.05, 4.69) is 66.3 Å². The van der Waals surface area contributed by atoms with E-state index in [1.807, 2.05) is 12.1 Å². The van der Waals surface area contributed by atoms with Gasteiger partial charge in [-0.2, -0.15) is 0 Å². The van der Waals surface area contributed by atoms with E-state index in [-0.39, 0.29) is 0 Å². The standard InChI is InChI=1S/C23H25N5S/c1-4-19-14-20-22(25-17-9-11-18(12-10-17)28(5-2)6-3)26-21(27-23(20)29-19)16-8-7-13-24-15-16/h7-15H,4-6H2,1-3H3,(H,25,26,27). The maximum absolute atomic E-state index is 4.84. The Hall–Kier alpha value is -2.99. The molecule has 148 valence electrons. The summed E-state index contributed by atoms with van der Waals surface area (Å²) in [6.45, 7) is 8.52. The molecular formula is C23H25N5S. The van der Waals surface area contributed by atoms with Crippen LogP contribution in [0, 0.1) is 0 Å². The van der Waals surface area contributed by atoms with Crippen LogP contribution in [0.1, 0.15) is 25.6 Å². The molecule has 0 unspecified atom stereocenters. The molecular weight excluding hydrogens is 378 g/mol. The Kier molecular flexibility index (Phi) is 5.71. The van der Waals surface area contributed by atoms with Crippen LogP contribution in [-0.2, 0) is 6.42 Å². The van der Waals surface area contributed by atoms with Crippen molar-refractivity contribution in [2.45, 2.75) is 27.2 Å². The summed E-state index contributed by atoms with van der Waals surface area (Å²) in [6, 6.07) is 14.6. The van der Waals surface area contributed by atoms with Gasteiger partial charge >= 0.3 is 0 Å². The number of rotatable bonds is 7. The van der Waals surface area contributed by atoms with Crippen LogP contribution in [0.2, 0.25) is 0 Å². The summed E-state index contributed by atoms with van der Waals surface area (Å²) in [5, 5.41) is 4.58. The lowest BCUT2D eigenvalue weighted by atomic mass is 10.2. The molecule has 0 amide bonds. The van der Waals surface area contributed by atoms with E-state index < -0.39 is 0 Å². The molecule has 4 aromatic rings. The highest BCUT2D eigenvalue weighted by Crippen LogP contribution is 2.33. The average molecular weight is 404 g/mol. The third-order valence-corrected chi connectivity index (χ3v) is 6.14. The molecule has 29 heavy (non-hydrogen) atoms. The van der Waals surface area contributed by atoms with Crippen molar-refractivity contribution in [2.24, 2.45) is 0 Å². The Morgan fingerprint density at radius 1 is 1.00 bits per heavy atom. The van der Waals surface area contributed by atoms with E-state index >= 15 is 0 Å². The number of hydrogen-bond acceptors (Lipinski definition) is 6. The molecule has 0 spiro atoms. The van der Waals surface area contributed by atoms with E-state index in [1.165, 1.54) is 10.6 Å². The third kappa shape index (κ3) is 4.07. The largest absolute Gasteiger partial charge is 0.372 e.